The van der Waals surface area contributed by atoms with Crippen molar-refractivity contribution in [3.8, 4) is 11.3 Å². The molecule has 0 radical (unpaired) electrons. The minimum Gasteiger partial charge on any atom is -0.393 e. The van der Waals surface area contributed by atoms with Crippen LogP contribution in [-0.4, -0.2) is 39.4 Å². The minimum atomic E-state index is -0.118. The maximum atomic E-state index is 9.57. The van der Waals surface area contributed by atoms with E-state index in [1.54, 1.807) is 0 Å². The van der Waals surface area contributed by atoms with Crippen LogP contribution in [0, 0.1) is 6.92 Å². The summed E-state index contributed by atoms with van der Waals surface area (Å²) in [4.78, 5) is 2.38. The number of aryl methyl sites for hydroxylation is 1. The number of hydrogen-bond acceptors (Lipinski definition) is 3. The molecule has 0 aliphatic carbocycles. The van der Waals surface area contributed by atoms with E-state index in [0.29, 0.717) is 0 Å². The quantitative estimate of drug-likeness (QED) is 0.901. The molecule has 2 heterocycles. The standard InChI is InChI=1S/C16H21N3O/c1-12-2-4-13(5-3-12)16-14(10-17-18-16)11-19-8-6-15(20)7-9-19/h2-5,10,15,20H,6-9,11H2,1H3,(H,17,18). The van der Waals surface area contributed by atoms with Crippen LogP contribution in [0.15, 0.2) is 30.5 Å². The summed E-state index contributed by atoms with van der Waals surface area (Å²) in [6, 6.07) is 8.51. The van der Waals surface area contributed by atoms with E-state index < -0.39 is 0 Å². The number of nitrogens with zero attached hydrogens (tertiary/aromatic N) is 2. The summed E-state index contributed by atoms with van der Waals surface area (Å²) in [6.45, 7) is 4.91. The van der Waals surface area contributed by atoms with Gasteiger partial charge >= 0.3 is 0 Å². The van der Waals surface area contributed by atoms with Gasteiger partial charge in [-0.3, -0.25) is 10.00 Å². The fraction of sp³-hybridized carbons (Fsp3) is 0.438. The third-order valence-corrected chi connectivity index (χ3v) is 4.01. The van der Waals surface area contributed by atoms with E-state index in [2.05, 4.69) is 46.3 Å². The van der Waals surface area contributed by atoms with Crippen molar-refractivity contribution in [3.63, 3.8) is 0 Å². The number of aromatic amines is 1. The van der Waals surface area contributed by atoms with Gasteiger partial charge in [-0.2, -0.15) is 5.10 Å². The SMILES string of the molecule is Cc1ccc(-c2[nH]ncc2CN2CCC(O)CC2)cc1. The summed E-state index contributed by atoms with van der Waals surface area (Å²) in [5.41, 5.74) is 4.78. The van der Waals surface area contributed by atoms with Gasteiger partial charge in [0, 0.05) is 25.2 Å². The zero-order valence-corrected chi connectivity index (χ0v) is 11.8. The van der Waals surface area contributed by atoms with Gasteiger partial charge in [-0.15, -0.1) is 0 Å². The molecule has 1 fully saturated rings. The van der Waals surface area contributed by atoms with Crippen molar-refractivity contribution in [2.45, 2.75) is 32.4 Å². The van der Waals surface area contributed by atoms with Crippen LogP contribution < -0.4 is 0 Å². The highest BCUT2D eigenvalue weighted by molar-refractivity contribution is 5.62. The van der Waals surface area contributed by atoms with E-state index in [9.17, 15) is 5.11 Å². The van der Waals surface area contributed by atoms with Crippen molar-refractivity contribution in [3.05, 3.63) is 41.6 Å². The Morgan fingerprint density at radius 1 is 1.25 bits per heavy atom. The highest BCUT2D eigenvalue weighted by Gasteiger charge is 2.18. The van der Waals surface area contributed by atoms with Crippen molar-refractivity contribution in [2.75, 3.05) is 13.1 Å². The Bertz CT molecular complexity index is 553. The van der Waals surface area contributed by atoms with Gasteiger partial charge in [0.15, 0.2) is 0 Å². The molecule has 0 spiro atoms. The Hall–Kier alpha value is -1.65. The van der Waals surface area contributed by atoms with Gasteiger partial charge in [-0.1, -0.05) is 29.8 Å². The maximum Gasteiger partial charge on any atom is 0.0695 e. The molecule has 4 nitrogen and oxygen atoms in total. The smallest absolute Gasteiger partial charge is 0.0695 e. The van der Waals surface area contributed by atoms with Crippen LogP contribution in [-0.2, 0) is 6.54 Å². The van der Waals surface area contributed by atoms with Gasteiger partial charge in [0.2, 0.25) is 0 Å². The molecule has 0 bridgehead atoms. The lowest BCUT2D eigenvalue weighted by molar-refractivity contribution is 0.0793. The summed E-state index contributed by atoms with van der Waals surface area (Å²) < 4.78 is 0. The molecule has 2 aromatic rings. The molecule has 1 saturated heterocycles. The average Bonchev–Trinajstić information content (AvgIpc) is 2.90. The van der Waals surface area contributed by atoms with Crippen LogP contribution in [0.5, 0.6) is 0 Å². The van der Waals surface area contributed by atoms with Crippen molar-refractivity contribution >= 4 is 0 Å². The number of aromatic nitrogens is 2. The molecular weight excluding hydrogens is 250 g/mol. The van der Waals surface area contributed by atoms with E-state index in [1.165, 1.54) is 16.7 Å². The lowest BCUT2D eigenvalue weighted by Gasteiger charge is -2.29. The number of likely N-dealkylation sites (tertiary alicyclic amines) is 1. The summed E-state index contributed by atoms with van der Waals surface area (Å²) in [7, 11) is 0. The predicted molar refractivity (Wildman–Crippen MR) is 79.3 cm³/mol. The number of aliphatic hydroxyl groups excluding tert-OH is 1. The Morgan fingerprint density at radius 3 is 2.65 bits per heavy atom. The molecule has 20 heavy (non-hydrogen) atoms. The predicted octanol–water partition coefficient (Wildman–Crippen LogP) is 2.34. The molecule has 0 saturated carbocycles. The highest BCUT2D eigenvalue weighted by Crippen LogP contribution is 2.23. The van der Waals surface area contributed by atoms with Crippen LogP contribution in [0.4, 0.5) is 0 Å². The second kappa shape index (κ2) is 5.77. The largest absolute Gasteiger partial charge is 0.393 e. The number of aliphatic hydroxyl groups is 1. The zero-order chi connectivity index (χ0) is 13.9. The number of H-pyrrole nitrogens is 1. The first-order valence-electron chi connectivity index (χ1n) is 7.22. The molecule has 3 rings (SSSR count). The number of hydrogen-bond donors (Lipinski definition) is 2. The summed E-state index contributed by atoms with van der Waals surface area (Å²) in [5.74, 6) is 0. The molecule has 106 valence electrons. The molecule has 4 heteroatoms. The fourth-order valence-corrected chi connectivity index (χ4v) is 2.72. The van der Waals surface area contributed by atoms with Crippen LogP contribution >= 0.6 is 0 Å². The number of piperidine rings is 1. The van der Waals surface area contributed by atoms with Crippen LogP contribution in [0.1, 0.15) is 24.0 Å². The van der Waals surface area contributed by atoms with Gasteiger partial charge in [0.05, 0.1) is 18.0 Å². The van der Waals surface area contributed by atoms with Gasteiger partial charge in [0.25, 0.3) is 0 Å². The lowest BCUT2D eigenvalue weighted by atomic mass is 10.0. The van der Waals surface area contributed by atoms with Gasteiger partial charge in [-0.25, -0.2) is 0 Å². The topological polar surface area (TPSA) is 52.2 Å². The molecule has 1 aromatic carbocycles. The van der Waals surface area contributed by atoms with E-state index in [4.69, 9.17) is 0 Å². The van der Waals surface area contributed by atoms with Crippen molar-refractivity contribution in [1.82, 2.24) is 15.1 Å². The molecule has 2 N–H and O–H groups in total. The Kier molecular flexibility index (Phi) is 3.85. The first kappa shape index (κ1) is 13.3. The van der Waals surface area contributed by atoms with Crippen molar-refractivity contribution < 1.29 is 5.11 Å². The molecule has 0 unspecified atom stereocenters. The third kappa shape index (κ3) is 2.92. The average molecular weight is 271 g/mol. The number of benzene rings is 1. The fourth-order valence-electron chi connectivity index (χ4n) is 2.72. The first-order chi connectivity index (χ1) is 9.72. The Balaban J connectivity index is 1.75. The summed E-state index contributed by atoms with van der Waals surface area (Å²) >= 11 is 0. The molecule has 1 aliphatic heterocycles. The third-order valence-electron chi connectivity index (χ3n) is 4.01. The molecule has 1 aliphatic rings. The van der Waals surface area contributed by atoms with Crippen LogP contribution in [0.3, 0.4) is 0 Å². The van der Waals surface area contributed by atoms with E-state index in [0.717, 1.165) is 38.2 Å². The van der Waals surface area contributed by atoms with E-state index >= 15 is 0 Å². The van der Waals surface area contributed by atoms with E-state index in [1.807, 2.05) is 6.20 Å². The van der Waals surface area contributed by atoms with Gasteiger partial charge in [0.1, 0.15) is 0 Å². The molecular formula is C16H21N3O. The van der Waals surface area contributed by atoms with Gasteiger partial charge in [-0.05, 0) is 25.3 Å². The number of rotatable bonds is 3. The van der Waals surface area contributed by atoms with Crippen molar-refractivity contribution in [2.24, 2.45) is 0 Å². The van der Waals surface area contributed by atoms with Crippen molar-refractivity contribution in [1.29, 1.82) is 0 Å². The lowest BCUT2D eigenvalue weighted by Crippen LogP contribution is -2.35. The van der Waals surface area contributed by atoms with E-state index in [-0.39, 0.29) is 6.10 Å². The normalized spacial score (nSPS) is 17.5. The summed E-state index contributed by atoms with van der Waals surface area (Å²) in [6.07, 6.45) is 3.54. The second-order valence-corrected chi connectivity index (χ2v) is 5.64. The minimum absolute atomic E-state index is 0.118. The Morgan fingerprint density at radius 2 is 1.95 bits per heavy atom. The summed E-state index contributed by atoms with van der Waals surface area (Å²) in [5, 5.41) is 16.9. The first-order valence-corrected chi connectivity index (χ1v) is 7.22. The highest BCUT2D eigenvalue weighted by atomic mass is 16.3. The Labute approximate surface area is 119 Å². The maximum absolute atomic E-state index is 9.57. The monoisotopic (exact) mass is 271 g/mol. The molecule has 1 aromatic heterocycles. The number of nitrogens with one attached hydrogen (secondary N) is 1. The molecule has 0 amide bonds. The van der Waals surface area contributed by atoms with Crippen LogP contribution in [0.2, 0.25) is 0 Å². The van der Waals surface area contributed by atoms with Gasteiger partial charge < -0.3 is 5.11 Å². The zero-order valence-electron chi connectivity index (χ0n) is 11.8. The van der Waals surface area contributed by atoms with Crippen LogP contribution in [0.25, 0.3) is 11.3 Å². The molecule has 0 atom stereocenters. The second-order valence-electron chi connectivity index (χ2n) is 5.64.